The summed E-state index contributed by atoms with van der Waals surface area (Å²) >= 11 is 2.12. The molecule has 0 amide bonds. The summed E-state index contributed by atoms with van der Waals surface area (Å²) in [7, 11) is 0. The van der Waals surface area contributed by atoms with Crippen LogP contribution in [0.4, 0.5) is 0 Å². The second kappa shape index (κ2) is 7.33. The van der Waals surface area contributed by atoms with Crippen molar-refractivity contribution >= 4 is 11.8 Å². The summed E-state index contributed by atoms with van der Waals surface area (Å²) in [6.07, 6.45) is 6.91. The van der Waals surface area contributed by atoms with E-state index in [9.17, 15) is 0 Å². The van der Waals surface area contributed by atoms with Crippen LogP contribution in [0.2, 0.25) is 0 Å². The molecule has 0 spiro atoms. The highest BCUT2D eigenvalue weighted by atomic mass is 32.2. The van der Waals surface area contributed by atoms with Crippen LogP contribution in [0.5, 0.6) is 0 Å². The number of piperidine rings is 1. The molecule has 0 radical (unpaired) electrons. The van der Waals surface area contributed by atoms with Gasteiger partial charge < -0.3 is 10.2 Å². The van der Waals surface area contributed by atoms with E-state index in [4.69, 9.17) is 0 Å². The first-order valence-corrected chi connectivity index (χ1v) is 9.27. The number of thioether (sulfide) groups is 1. The van der Waals surface area contributed by atoms with Gasteiger partial charge in [-0.3, -0.25) is 0 Å². The Morgan fingerprint density at radius 1 is 1.32 bits per heavy atom. The number of nitrogens with zero attached hydrogens (tertiary/aromatic N) is 1. The van der Waals surface area contributed by atoms with Gasteiger partial charge in [-0.25, -0.2) is 0 Å². The van der Waals surface area contributed by atoms with E-state index >= 15 is 0 Å². The van der Waals surface area contributed by atoms with Gasteiger partial charge in [0, 0.05) is 17.8 Å². The third-order valence-corrected chi connectivity index (χ3v) is 6.23. The van der Waals surface area contributed by atoms with Gasteiger partial charge in [-0.2, -0.15) is 11.8 Å². The van der Waals surface area contributed by atoms with E-state index in [1.165, 1.54) is 63.2 Å². The van der Waals surface area contributed by atoms with Crippen molar-refractivity contribution in [2.75, 3.05) is 31.1 Å². The Morgan fingerprint density at radius 2 is 2.16 bits per heavy atom. The smallest absolute Gasteiger partial charge is 0.0163 e. The first kappa shape index (κ1) is 15.7. The van der Waals surface area contributed by atoms with Gasteiger partial charge in [0.15, 0.2) is 0 Å². The van der Waals surface area contributed by atoms with Crippen LogP contribution >= 0.6 is 11.8 Å². The second-order valence-electron chi connectivity index (χ2n) is 7.27. The molecule has 2 atom stereocenters. The van der Waals surface area contributed by atoms with E-state index in [0.717, 1.165) is 12.1 Å². The summed E-state index contributed by atoms with van der Waals surface area (Å²) in [6.45, 7) is 11.0. The molecule has 2 nitrogen and oxygen atoms in total. The normalized spacial score (nSPS) is 32.4. The number of hydrogen-bond acceptors (Lipinski definition) is 3. The Morgan fingerprint density at radius 3 is 2.89 bits per heavy atom. The van der Waals surface area contributed by atoms with E-state index < -0.39 is 0 Å². The van der Waals surface area contributed by atoms with Crippen LogP contribution in [0.15, 0.2) is 0 Å². The fraction of sp³-hybridized carbons (Fsp3) is 1.00. The molecule has 2 heterocycles. The zero-order valence-corrected chi connectivity index (χ0v) is 13.9. The molecule has 19 heavy (non-hydrogen) atoms. The van der Waals surface area contributed by atoms with Gasteiger partial charge in [0.1, 0.15) is 0 Å². The molecule has 2 saturated heterocycles. The Bertz CT molecular complexity index is 267. The molecule has 0 saturated carbocycles. The molecular formula is C16H32N2S. The first-order valence-electron chi connectivity index (χ1n) is 8.12. The average Bonchev–Trinajstić information content (AvgIpc) is 2.35. The summed E-state index contributed by atoms with van der Waals surface area (Å²) in [4.78, 5) is 2.69. The lowest BCUT2D eigenvalue weighted by molar-refractivity contribution is 0.158. The van der Waals surface area contributed by atoms with Crippen molar-refractivity contribution in [3.63, 3.8) is 0 Å². The molecule has 0 bridgehead atoms. The number of rotatable bonds is 5. The monoisotopic (exact) mass is 284 g/mol. The van der Waals surface area contributed by atoms with Crippen LogP contribution in [0.3, 0.4) is 0 Å². The zero-order valence-electron chi connectivity index (χ0n) is 13.1. The third kappa shape index (κ3) is 5.28. The Kier molecular flexibility index (Phi) is 6.04. The van der Waals surface area contributed by atoms with Crippen LogP contribution in [0, 0.1) is 5.41 Å². The van der Waals surface area contributed by atoms with Gasteiger partial charge in [-0.1, -0.05) is 20.3 Å². The highest BCUT2D eigenvalue weighted by Gasteiger charge is 2.27. The molecular weight excluding hydrogens is 252 g/mol. The molecule has 0 aliphatic carbocycles. The van der Waals surface area contributed by atoms with Crippen molar-refractivity contribution in [3.8, 4) is 0 Å². The van der Waals surface area contributed by atoms with E-state index in [-0.39, 0.29) is 0 Å². The van der Waals surface area contributed by atoms with Gasteiger partial charge in [0.05, 0.1) is 0 Å². The molecule has 2 fully saturated rings. The topological polar surface area (TPSA) is 15.3 Å². The molecule has 2 unspecified atom stereocenters. The van der Waals surface area contributed by atoms with Gasteiger partial charge >= 0.3 is 0 Å². The van der Waals surface area contributed by atoms with Crippen LogP contribution in [0.1, 0.15) is 52.9 Å². The van der Waals surface area contributed by atoms with Crippen LogP contribution in [-0.2, 0) is 0 Å². The maximum Gasteiger partial charge on any atom is 0.0163 e. The molecule has 1 N–H and O–H groups in total. The molecule has 112 valence electrons. The molecule has 0 aromatic heterocycles. The van der Waals surface area contributed by atoms with Crippen LogP contribution in [-0.4, -0.2) is 48.1 Å². The van der Waals surface area contributed by atoms with Gasteiger partial charge in [0.2, 0.25) is 0 Å². The maximum absolute atomic E-state index is 3.78. The van der Waals surface area contributed by atoms with E-state index in [2.05, 4.69) is 42.7 Å². The minimum Gasteiger partial charge on any atom is -0.313 e. The lowest BCUT2D eigenvalue weighted by Crippen LogP contribution is -2.42. The van der Waals surface area contributed by atoms with E-state index in [1.54, 1.807) is 0 Å². The quantitative estimate of drug-likeness (QED) is 0.779. The second-order valence-corrected chi connectivity index (χ2v) is 8.30. The summed E-state index contributed by atoms with van der Waals surface area (Å²) in [6, 6.07) is 1.56. The number of likely N-dealkylation sites (tertiary alicyclic amines) is 1. The van der Waals surface area contributed by atoms with Crippen molar-refractivity contribution in [3.05, 3.63) is 0 Å². The van der Waals surface area contributed by atoms with Crippen LogP contribution in [0.25, 0.3) is 0 Å². The largest absolute Gasteiger partial charge is 0.313 e. The lowest BCUT2D eigenvalue weighted by Gasteiger charge is -2.36. The summed E-state index contributed by atoms with van der Waals surface area (Å²) < 4.78 is 0. The molecule has 2 rings (SSSR count). The van der Waals surface area contributed by atoms with Crippen molar-refractivity contribution in [2.24, 2.45) is 5.41 Å². The average molecular weight is 285 g/mol. The predicted octanol–water partition coefficient (Wildman–Crippen LogP) is 3.37. The fourth-order valence-electron chi connectivity index (χ4n) is 3.47. The molecule has 0 aromatic rings. The number of nitrogens with one attached hydrogen (secondary N) is 1. The zero-order chi connectivity index (χ0) is 13.7. The van der Waals surface area contributed by atoms with Gasteiger partial charge in [-0.05, 0) is 63.4 Å². The van der Waals surface area contributed by atoms with Crippen molar-refractivity contribution in [1.29, 1.82) is 0 Å². The minimum absolute atomic E-state index is 0.530. The third-order valence-electron chi connectivity index (χ3n) is 4.61. The Labute approximate surface area is 124 Å². The molecule has 2 aliphatic heterocycles. The minimum atomic E-state index is 0.530. The van der Waals surface area contributed by atoms with Crippen LogP contribution < -0.4 is 5.32 Å². The van der Waals surface area contributed by atoms with E-state index in [0.29, 0.717) is 5.41 Å². The van der Waals surface area contributed by atoms with Crippen molar-refractivity contribution < 1.29 is 0 Å². The van der Waals surface area contributed by atoms with Crippen molar-refractivity contribution in [2.45, 2.75) is 65.0 Å². The predicted molar refractivity (Wildman–Crippen MR) is 87.0 cm³/mol. The summed E-state index contributed by atoms with van der Waals surface area (Å²) in [5.41, 5.74) is 0.530. The van der Waals surface area contributed by atoms with E-state index in [1.807, 2.05) is 0 Å². The highest BCUT2D eigenvalue weighted by molar-refractivity contribution is 7.99. The fourth-order valence-corrected chi connectivity index (χ4v) is 4.78. The summed E-state index contributed by atoms with van der Waals surface area (Å²) in [5.74, 6) is 2.64. The molecule has 3 heteroatoms. The molecule has 2 aliphatic rings. The Hall–Kier alpha value is 0.270. The molecule has 0 aromatic carbocycles. The number of hydrogen-bond donors (Lipinski definition) is 1. The standard InChI is InChI=1S/C16H32N2S/c1-14-7-4-5-9-18(14)10-6-8-17-15-11-16(2,3)13-19-12-15/h14-15,17H,4-13H2,1-3H3. The highest BCUT2D eigenvalue weighted by Crippen LogP contribution is 2.33. The summed E-state index contributed by atoms with van der Waals surface area (Å²) in [5, 5.41) is 3.78. The SMILES string of the molecule is CC1CCCCN1CCCNC1CSCC(C)(C)C1. The maximum atomic E-state index is 3.78. The van der Waals surface area contributed by atoms with Gasteiger partial charge in [0.25, 0.3) is 0 Å². The Balaban J connectivity index is 1.58. The first-order chi connectivity index (χ1) is 9.07. The lowest BCUT2D eigenvalue weighted by atomic mass is 9.88. The van der Waals surface area contributed by atoms with Crippen molar-refractivity contribution in [1.82, 2.24) is 10.2 Å². The van der Waals surface area contributed by atoms with Gasteiger partial charge in [-0.15, -0.1) is 0 Å².